The third kappa shape index (κ3) is 3.47. The van der Waals surface area contributed by atoms with Gasteiger partial charge < -0.3 is 10.2 Å². The van der Waals surface area contributed by atoms with E-state index in [9.17, 15) is 9.59 Å². The predicted octanol–water partition coefficient (Wildman–Crippen LogP) is 3.49. The number of amides is 2. The number of halogens is 1. The Bertz CT molecular complexity index is 847. The molecule has 1 aliphatic heterocycles. The summed E-state index contributed by atoms with van der Waals surface area (Å²) >= 11 is 6.02. The fourth-order valence-corrected chi connectivity index (χ4v) is 3.80. The summed E-state index contributed by atoms with van der Waals surface area (Å²) in [7, 11) is 0. The third-order valence-electron chi connectivity index (χ3n) is 5.10. The molecule has 1 aliphatic carbocycles. The number of rotatable bonds is 4. The lowest BCUT2D eigenvalue weighted by Crippen LogP contribution is -2.47. The summed E-state index contributed by atoms with van der Waals surface area (Å²) in [5.41, 5.74) is 3.03. The van der Waals surface area contributed by atoms with E-state index in [0.29, 0.717) is 18.1 Å². The van der Waals surface area contributed by atoms with Gasteiger partial charge >= 0.3 is 0 Å². The van der Waals surface area contributed by atoms with Gasteiger partial charge in [0.05, 0.1) is 0 Å². The van der Waals surface area contributed by atoms with E-state index in [2.05, 4.69) is 5.32 Å². The zero-order chi connectivity index (χ0) is 18.1. The Morgan fingerprint density at radius 3 is 2.69 bits per heavy atom. The summed E-state index contributed by atoms with van der Waals surface area (Å²) in [6.07, 6.45) is 2.67. The lowest BCUT2D eigenvalue weighted by molar-refractivity contribution is -0.142. The normalized spacial score (nSPS) is 19.0. The lowest BCUT2D eigenvalue weighted by atomic mass is 9.91. The van der Waals surface area contributed by atoms with E-state index in [1.165, 1.54) is 0 Å². The standard InChI is InChI=1S/C21H21ClN2O2/c22-17-6-3-4-14(12-17)13-23-20(25)19-18-7-2-1-5-15(18)10-11-24(19)21(26)16-8-9-16/h1-7,12,16,19H,8-11,13H2,(H,23,25)/t19-/m0/s1. The van der Waals surface area contributed by atoms with Crippen LogP contribution in [0.2, 0.25) is 5.02 Å². The molecule has 4 nitrogen and oxygen atoms in total. The average molecular weight is 369 g/mol. The minimum atomic E-state index is -0.549. The monoisotopic (exact) mass is 368 g/mol. The molecule has 0 spiro atoms. The summed E-state index contributed by atoms with van der Waals surface area (Å²) < 4.78 is 0. The van der Waals surface area contributed by atoms with Gasteiger partial charge in [0.15, 0.2) is 0 Å². The summed E-state index contributed by atoms with van der Waals surface area (Å²) in [4.78, 5) is 27.5. The van der Waals surface area contributed by atoms with Crippen molar-refractivity contribution in [2.45, 2.75) is 31.8 Å². The summed E-state index contributed by atoms with van der Waals surface area (Å²) in [6, 6.07) is 14.8. The molecule has 1 saturated carbocycles. The van der Waals surface area contributed by atoms with Crippen LogP contribution in [-0.4, -0.2) is 23.3 Å². The molecule has 4 rings (SSSR count). The van der Waals surface area contributed by atoms with E-state index in [4.69, 9.17) is 11.6 Å². The molecule has 0 unspecified atom stereocenters. The minimum absolute atomic E-state index is 0.100. The second kappa shape index (κ2) is 7.12. The maximum absolute atomic E-state index is 13.0. The number of benzene rings is 2. The molecular formula is C21H21ClN2O2. The van der Waals surface area contributed by atoms with E-state index < -0.39 is 6.04 Å². The highest BCUT2D eigenvalue weighted by atomic mass is 35.5. The molecule has 1 N–H and O–H groups in total. The number of hydrogen-bond acceptors (Lipinski definition) is 2. The molecule has 2 aromatic rings. The van der Waals surface area contributed by atoms with Crippen molar-refractivity contribution in [2.24, 2.45) is 5.92 Å². The molecule has 1 fully saturated rings. The molecule has 26 heavy (non-hydrogen) atoms. The summed E-state index contributed by atoms with van der Waals surface area (Å²) in [5.74, 6) is 0.0806. The van der Waals surface area contributed by atoms with Crippen molar-refractivity contribution in [3.63, 3.8) is 0 Å². The molecule has 1 heterocycles. The van der Waals surface area contributed by atoms with Crippen LogP contribution >= 0.6 is 11.6 Å². The van der Waals surface area contributed by atoms with Crippen LogP contribution < -0.4 is 5.32 Å². The van der Waals surface area contributed by atoms with Crippen molar-refractivity contribution < 1.29 is 9.59 Å². The number of nitrogens with one attached hydrogen (secondary N) is 1. The molecule has 0 bridgehead atoms. The SMILES string of the molecule is O=C(NCc1cccc(Cl)c1)[C@@H]1c2ccccc2CCN1C(=O)C1CC1. The first kappa shape index (κ1) is 17.1. The van der Waals surface area contributed by atoms with Crippen molar-refractivity contribution in [1.82, 2.24) is 10.2 Å². The molecular weight excluding hydrogens is 348 g/mol. The van der Waals surface area contributed by atoms with Crippen LogP contribution in [0.25, 0.3) is 0 Å². The van der Waals surface area contributed by atoms with E-state index in [0.717, 1.165) is 36.0 Å². The molecule has 2 aliphatic rings. The molecule has 0 radical (unpaired) electrons. The average Bonchev–Trinajstić information content (AvgIpc) is 3.50. The first-order valence-corrected chi connectivity index (χ1v) is 9.42. The van der Waals surface area contributed by atoms with E-state index in [-0.39, 0.29) is 17.7 Å². The van der Waals surface area contributed by atoms with Gasteiger partial charge in [0.25, 0.3) is 0 Å². The van der Waals surface area contributed by atoms with E-state index in [1.54, 1.807) is 11.0 Å². The van der Waals surface area contributed by atoms with Gasteiger partial charge in [0.2, 0.25) is 11.8 Å². The van der Waals surface area contributed by atoms with E-state index >= 15 is 0 Å². The quantitative estimate of drug-likeness (QED) is 0.898. The second-order valence-corrected chi connectivity index (χ2v) is 7.44. The molecule has 5 heteroatoms. The van der Waals surface area contributed by atoms with Crippen LogP contribution in [0, 0.1) is 5.92 Å². The topological polar surface area (TPSA) is 49.4 Å². The zero-order valence-electron chi connectivity index (χ0n) is 14.5. The molecule has 2 aromatic carbocycles. The fourth-order valence-electron chi connectivity index (χ4n) is 3.58. The van der Waals surface area contributed by atoms with Gasteiger partial charge in [-0.1, -0.05) is 48.0 Å². The second-order valence-electron chi connectivity index (χ2n) is 7.00. The van der Waals surface area contributed by atoms with Crippen LogP contribution in [0.4, 0.5) is 0 Å². The highest BCUT2D eigenvalue weighted by molar-refractivity contribution is 6.30. The predicted molar refractivity (Wildman–Crippen MR) is 101 cm³/mol. The van der Waals surface area contributed by atoms with Crippen molar-refractivity contribution in [2.75, 3.05) is 6.54 Å². The van der Waals surface area contributed by atoms with Crippen molar-refractivity contribution in [3.05, 3.63) is 70.2 Å². The Morgan fingerprint density at radius 2 is 1.92 bits per heavy atom. The smallest absolute Gasteiger partial charge is 0.247 e. The van der Waals surface area contributed by atoms with Crippen LogP contribution in [0.1, 0.15) is 35.6 Å². The number of nitrogens with zero attached hydrogens (tertiary/aromatic N) is 1. The van der Waals surface area contributed by atoms with Crippen LogP contribution in [0.3, 0.4) is 0 Å². The third-order valence-corrected chi connectivity index (χ3v) is 5.33. The molecule has 1 atom stereocenters. The van der Waals surface area contributed by atoms with Gasteiger partial charge in [-0.15, -0.1) is 0 Å². The van der Waals surface area contributed by atoms with Crippen molar-refractivity contribution in [1.29, 1.82) is 0 Å². The minimum Gasteiger partial charge on any atom is -0.350 e. The van der Waals surface area contributed by atoms with Crippen LogP contribution in [0.15, 0.2) is 48.5 Å². The maximum atomic E-state index is 13.0. The zero-order valence-corrected chi connectivity index (χ0v) is 15.2. The first-order valence-electron chi connectivity index (χ1n) is 9.04. The molecule has 0 saturated heterocycles. The fraction of sp³-hybridized carbons (Fsp3) is 0.333. The highest BCUT2D eigenvalue weighted by Gasteiger charge is 2.41. The number of fused-ring (bicyclic) bond motifs is 1. The highest BCUT2D eigenvalue weighted by Crippen LogP contribution is 2.37. The first-order chi connectivity index (χ1) is 12.6. The summed E-state index contributed by atoms with van der Waals surface area (Å²) in [6.45, 7) is 0.991. The number of carbonyl (C=O) groups excluding carboxylic acids is 2. The van der Waals surface area contributed by atoms with Crippen molar-refractivity contribution in [3.8, 4) is 0 Å². The van der Waals surface area contributed by atoms with E-state index in [1.807, 2.05) is 42.5 Å². The van der Waals surface area contributed by atoms with Gasteiger partial charge in [0.1, 0.15) is 6.04 Å². The summed E-state index contributed by atoms with van der Waals surface area (Å²) in [5, 5.41) is 3.63. The van der Waals surface area contributed by atoms with Gasteiger partial charge in [0, 0.05) is 24.0 Å². The molecule has 134 valence electrons. The Hall–Kier alpha value is -2.33. The lowest BCUT2D eigenvalue weighted by Gasteiger charge is -2.36. The Kier molecular flexibility index (Phi) is 4.68. The largest absolute Gasteiger partial charge is 0.350 e. The van der Waals surface area contributed by atoms with Gasteiger partial charge in [-0.05, 0) is 48.1 Å². The molecule has 0 aromatic heterocycles. The van der Waals surface area contributed by atoms with Crippen molar-refractivity contribution >= 4 is 23.4 Å². The maximum Gasteiger partial charge on any atom is 0.247 e. The number of hydrogen-bond donors (Lipinski definition) is 1. The van der Waals surface area contributed by atoms with Crippen LogP contribution in [-0.2, 0) is 22.6 Å². The Morgan fingerprint density at radius 1 is 1.12 bits per heavy atom. The Balaban J connectivity index is 1.57. The van der Waals surface area contributed by atoms with Gasteiger partial charge in [-0.25, -0.2) is 0 Å². The number of carbonyl (C=O) groups is 2. The Labute approximate surface area is 158 Å². The van der Waals surface area contributed by atoms with Crippen LogP contribution in [0.5, 0.6) is 0 Å². The van der Waals surface area contributed by atoms with Gasteiger partial charge in [-0.2, -0.15) is 0 Å². The van der Waals surface area contributed by atoms with Gasteiger partial charge in [-0.3, -0.25) is 9.59 Å². The molecule has 2 amide bonds.